The average Bonchev–Trinajstić information content (AvgIpc) is 2.28. The molecule has 0 bridgehead atoms. The lowest BCUT2D eigenvalue weighted by Crippen LogP contribution is -2.46. The molecular formula is C13H18O3. The van der Waals surface area contributed by atoms with Crippen LogP contribution < -0.4 is 0 Å². The first kappa shape index (κ1) is 12.9. The Hall–Kier alpha value is -1.19. The number of hydrogen-bond acceptors (Lipinski definition) is 3. The van der Waals surface area contributed by atoms with Crippen LogP contribution in [0.3, 0.4) is 0 Å². The minimum absolute atomic E-state index is 0.0819. The second-order valence-electron chi connectivity index (χ2n) is 3.88. The van der Waals surface area contributed by atoms with Crippen molar-refractivity contribution in [1.82, 2.24) is 0 Å². The lowest BCUT2D eigenvalue weighted by molar-refractivity contribution is -0.182. The third kappa shape index (κ3) is 2.90. The summed E-state index contributed by atoms with van der Waals surface area (Å²) in [6.07, 6.45) is 7.73. The van der Waals surface area contributed by atoms with E-state index >= 15 is 0 Å². The van der Waals surface area contributed by atoms with Gasteiger partial charge in [0.1, 0.15) is 5.60 Å². The third-order valence-electron chi connectivity index (χ3n) is 2.71. The van der Waals surface area contributed by atoms with Crippen LogP contribution in [0.4, 0.5) is 0 Å². The van der Waals surface area contributed by atoms with Gasteiger partial charge in [-0.05, 0) is 37.8 Å². The van der Waals surface area contributed by atoms with Gasteiger partial charge in [0.2, 0.25) is 0 Å². The van der Waals surface area contributed by atoms with Crippen molar-refractivity contribution >= 4 is 5.78 Å². The van der Waals surface area contributed by atoms with Gasteiger partial charge in [-0.2, -0.15) is 0 Å². The number of hydrogen-bond donors (Lipinski definition) is 1. The predicted molar refractivity (Wildman–Crippen MR) is 62.8 cm³/mol. The summed E-state index contributed by atoms with van der Waals surface area (Å²) in [4.78, 5) is 11.9. The molecule has 1 atom stereocenters. The number of allylic oxidation sites excluding steroid dienone is 2. The highest BCUT2D eigenvalue weighted by Crippen LogP contribution is 2.30. The first-order valence-electron chi connectivity index (χ1n) is 5.45. The molecule has 1 unspecified atom stereocenters. The summed E-state index contributed by atoms with van der Waals surface area (Å²) in [5.74, 6) is -0.0819. The van der Waals surface area contributed by atoms with E-state index in [-0.39, 0.29) is 5.78 Å². The van der Waals surface area contributed by atoms with E-state index in [4.69, 9.17) is 4.74 Å². The number of ether oxygens (including phenoxy) is 1. The largest absolute Gasteiger partial charge is 0.365 e. The number of carbonyl (C=O) groups is 1. The van der Waals surface area contributed by atoms with E-state index in [1.54, 1.807) is 12.2 Å². The molecule has 0 aliphatic carbocycles. The molecule has 0 radical (unpaired) electrons. The summed E-state index contributed by atoms with van der Waals surface area (Å²) >= 11 is 0. The van der Waals surface area contributed by atoms with Gasteiger partial charge in [-0.15, -0.1) is 13.2 Å². The molecule has 1 aliphatic heterocycles. The normalized spacial score (nSPS) is 23.1. The van der Waals surface area contributed by atoms with Crippen molar-refractivity contribution in [1.29, 1.82) is 0 Å². The van der Waals surface area contributed by atoms with Gasteiger partial charge in [0, 0.05) is 0 Å². The van der Waals surface area contributed by atoms with Crippen molar-refractivity contribution in [2.24, 2.45) is 0 Å². The maximum Gasteiger partial charge on any atom is 0.187 e. The zero-order valence-corrected chi connectivity index (χ0v) is 9.39. The predicted octanol–water partition coefficient (Wildman–Crippen LogP) is 2.13. The fourth-order valence-corrected chi connectivity index (χ4v) is 1.81. The molecule has 0 aromatic carbocycles. The van der Waals surface area contributed by atoms with Crippen molar-refractivity contribution in [3.05, 3.63) is 37.5 Å². The Kier molecular flexibility index (Phi) is 4.65. The van der Waals surface area contributed by atoms with Crippen LogP contribution in [0.25, 0.3) is 0 Å². The van der Waals surface area contributed by atoms with Crippen molar-refractivity contribution in [2.45, 2.75) is 37.6 Å². The van der Waals surface area contributed by atoms with Crippen LogP contribution in [0.2, 0.25) is 0 Å². The van der Waals surface area contributed by atoms with Crippen LogP contribution in [0.5, 0.6) is 0 Å². The fourth-order valence-electron chi connectivity index (χ4n) is 1.81. The zero-order valence-electron chi connectivity index (χ0n) is 9.39. The van der Waals surface area contributed by atoms with Gasteiger partial charge in [0.05, 0.1) is 0 Å². The Labute approximate surface area is 96.1 Å². The van der Waals surface area contributed by atoms with Gasteiger partial charge in [0.25, 0.3) is 0 Å². The molecule has 3 nitrogen and oxygen atoms in total. The van der Waals surface area contributed by atoms with E-state index < -0.39 is 11.9 Å². The Morgan fingerprint density at radius 2 is 1.94 bits per heavy atom. The van der Waals surface area contributed by atoms with Gasteiger partial charge >= 0.3 is 0 Å². The summed E-state index contributed by atoms with van der Waals surface area (Å²) in [6, 6.07) is 0. The first-order chi connectivity index (χ1) is 7.64. The standard InChI is InChI=1S/C13H18O3/c1-3-5-9-13(10-6-4-2)11(14)7-8-12(15)16-13/h3-4,7-8,12,15H,1-2,5-6,9-10H2. The molecule has 16 heavy (non-hydrogen) atoms. The Bertz CT molecular complexity index is 292. The van der Waals surface area contributed by atoms with Gasteiger partial charge < -0.3 is 9.84 Å². The molecule has 0 spiro atoms. The maximum absolute atomic E-state index is 11.9. The lowest BCUT2D eigenvalue weighted by Gasteiger charge is -2.35. The van der Waals surface area contributed by atoms with Crippen LogP contribution in [0, 0.1) is 0 Å². The van der Waals surface area contributed by atoms with Gasteiger partial charge in [-0.1, -0.05) is 12.2 Å². The van der Waals surface area contributed by atoms with E-state index in [9.17, 15) is 9.90 Å². The Morgan fingerprint density at radius 1 is 1.38 bits per heavy atom. The first-order valence-corrected chi connectivity index (χ1v) is 5.45. The average molecular weight is 222 g/mol. The molecule has 88 valence electrons. The van der Waals surface area contributed by atoms with Gasteiger partial charge in [0.15, 0.2) is 12.1 Å². The highest BCUT2D eigenvalue weighted by molar-refractivity contribution is 5.97. The molecule has 0 aromatic heterocycles. The monoisotopic (exact) mass is 222 g/mol. The van der Waals surface area contributed by atoms with Crippen LogP contribution in [-0.4, -0.2) is 22.8 Å². The van der Waals surface area contributed by atoms with Crippen LogP contribution in [0.1, 0.15) is 25.7 Å². The molecule has 0 aromatic rings. The van der Waals surface area contributed by atoms with E-state index in [0.717, 1.165) is 0 Å². The number of aliphatic hydroxyl groups excluding tert-OH is 1. The molecule has 3 heteroatoms. The summed E-state index contributed by atoms with van der Waals surface area (Å²) in [5.41, 5.74) is -0.906. The van der Waals surface area contributed by atoms with E-state index in [0.29, 0.717) is 25.7 Å². The van der Waals surface area contributed by atoms with Crippen LogP contribution >= 0.6 is 0 Å². The summed E-state index contributed by atoms with van der Waals surface area (Å²) < 4.78 is 5.41. The lowest BCUT2D eigenvalue weighted by atomic mass is 9.86. The van der Waals surface area contributed by atoms with Crippen molar-refractivity contribution < 1.29 is 14.6 Å². The van der Waals surface area contributed by atoms with Crippen molar-refractivity contribution in [3.63, 3.8) is 0 Å². The topological polar surface area (TPSA) is 46.5 Å². The number of carbonyl (C=O) groups excluding carboxylic acids is 1. The van der Waals surface area contributed by atoms with E-state index in [2.05, 4.69) is 13.2 Å². The highest BCUT2D eigenvalue weighted by atomic mass is 16.6. The van der Waals surface area contributed by atoms with Crippen LogP contribution in [0.15, 0.2) is 37.5 Å². The fraction of sp³-hybridized carbons (Fsp3) is 0.462. The smallest absolute Gasteiger partial charge is 0.187 e. The second kappa shape index (κ2) is 5.77. The third-order valence-corrected chi connectivity index (χ3v) is 2.71. The molecule has 1 aliphatic rings. The summed E-state index contributed by atoms with van der Waals surface area (Å²) in [7, 11) is 0. The summed E-state index contributed by atoms with van der Waals surface area (Å²) in [5, 5.41) is 9.45. The van der Waals surface area contributed by atoms with E-state index in [1.807, 2.05) is 0 Å². The van der Waals surface area contributed by atoms with Gasteiger partial charge in [-0.3, -0.25) is 4.79 Å². The summed E-state index contributed by atoms with van der Waals surface area (Å²) in [6.45, 7) is 7.27. The maximum atomic E-state index is 11.9. The number of ketones is 1. The molecule has 1 heterocycles. The number of rotatable bonds is 6. The number of aliphatic hydroxyl groups is 1. The quantitative estimate of drug-likeness (QED) is 0.700. The molecule has 1 rings (SSSR count). The van der Waals surface area contributed by atoms with Crippen LogP contribution in [-0.2, 0) is 9.53 Å². The molecule has 0 saturated heterocycles. The molecule has 0 amide bonds. The van der Waals surface area contributed by atoms with E-state index in [1.165, 1.54) is 12.2 Å². The SMILES string of the molecule is C=CCCC1(CCC=C)OC(O)C=CC1=O. The molecule has 0 fully saturated rings. The Balaban J connectivity index is 2.83. The Morgan fingerprint density at radius 3 is 2.44 bits per heavy atom. The minimum Gasteiger partial charge on any atom is -0.365 e. The zero-order chi connectivity index (χ0) is 12.0. The van der Waals surface area contributed by atoms with Crippen molar-refractivity contribution in [3.8, 4) is 0 Å². The van der Waals surface area contributed by atoms with Crippen molar-refractivity contribution in [2.75, 3.05) is 0 Å². The van der Waals surface area contributed by atoms with Gasteiger partial charge in [-0.25, -0.2) is 0 Å². The molecule has 0 saturated carbocycles. The molecular weight excluding hydrogens is 204 g/mol. The second-order valence-corrected chi connectivity index (χ2v) is 3.88. The highest BCUT2D eigenvalue weighted by Gasteiger charge is 2.40. The minimum atomic E-state index is -0.993. The molecule has 1 N–H and O–H groups in total.